The normalized spacial score (nSPS) is 15.4. The van der Waals surface area contributed by atoms with E-state index in [2.05, 4.69) is 58.3 Å². The number of rotatable bonds is 6. The van der Waals surface area contributed by atoms with E-state index in [0.717, 1.165) is 50.5 Å². The number of piperazine rings is 1. The van der Waals surface area contributed by atoms with E-state index in [-0.39, 0.29) is 0 Å². The number of aromatic nitrogens is 2. The first-order valence-corrected chi connectivity index (χ1v) is 11.1. The molecule has 6 heteroatoms. The summed E-state index contributed by atoms with van der Waals surface area (Å²) in [7, 11) is 0. The summed E-state index contributed by atoms with van der Waals surface area (Å²) < 4.78 is 7.86. The molecule has 5 rings (SSSR count). The fourth-order valence-corrected chi connectivity index (χ4v) is 4.94. The van der Waals surface area contributed by atoms with Gasteiger partial charge in [0.15, 0.2) is 0 Å². The molecule has 1 aliphatic heterocycles. The Morgan fingerprint density at radius 2 is 1.90 bits per heavy atom. The van der Waals surface area contributed by atoms with Crippen LogP contribution in [-0.4, -0.2) is 53.3 Å². The second kappa shape index (κ2) is 8.05. The third-order valence-corrected chi connectivity index (χ3v) is 6.55. The van der Waals surface area contributed by atoms with E-state index in [9.17, 15) is 0 Å². The quantitative estimate of drug-likeness (QED) is 0.483. The maximum atomic E-state index is 5.62. The number of benzene rings is 2. The molecule has 2 aromatic carbocycles. The van der Waals surface area contributed by atoms with Crippen molar-refractivity contribution < 1.29 is 4.84 Å². The van der Waals surface area contributed by atoms with Gasteiger partial charge >= 0.3 is 0 Å². The SMILES string of the molecule is CCOn1ccc2cc(CCN3CCN(c4nsc5ccccc45)CC3)ccc21. The number of nitrogens with zero attached hydrogens (tertiary/aromatic N) is 4. The first-order valence-electron chi connectivity index (χ1n) is 10.4. The summed E-state index contributed by atoms with van der Waals surface area (Å²) in [5, 5.41) is 2.54. The van der Waals surface area contributed by atoms with Gasteiger partial charge in [-0.3, -0.25) is 4.90 Å². The fourth-order valence-electron chi connectivity index (χ4n) is 4.14. The van der Waals surface area contributed by atoms with Crippen molar-refractivity contribution in [1.29, 1.82) is 0 Å². The summed E-state index contributed by atoms with van der Waals surface area (Å²) in [5.74, 6) is 1.16. The van der Waals surface area contributed by atoms with Crippen molar-refractivity contribution in [2.75, 3.05) is 44.2 Å². The van der Waals surface area contributed by atoms with E-state index >= 15 is 0 Å². The van der Waals surface area contributed by atoms with Crippen molar-refractivity contribution >= 4 is 38.3 Å². The molecule has 0 spiro atoms. The minimum absolute atomic E-state index is 0.675. The Labute approximate surface area is 175 Å². The lowest BCUT2D eigenvalue weighted by Gasteiger charge is -2.35. The molecule has 150 valence electrons. The molecule has 0 unspecified atom stereocenters. The van der Waals surface area contributed by atoms with Crippen molar-refractivity contribution in [2.24, 2.45) is 0 Å². The van der Waals surface area contributed by atoms with Crippen LogP contribution in [0.3, 0.4) is 0 Å². The molecule has 0 atom stereocenters. The van der Waals surface area contributed by atoms with Crippen molar-refractivity contribution in [3.63, 3.8) is 0 Å². The van der Waals surface area contributed by atoms with Gasteiger partial charge in [-0.05, 0) is 60.8 Å². The van der Waals surface area contributed by atoms with Gasteiger partial charge in [-0.15, -0.1) is 0 Å². The molecule has 0 saturated carbocycles. The predicted octanol–water partition coefficient (Wildman–Crippen LogP) is 4.06. The maximum Gasteiger partial charge on any atom is 0.150 e. The molecule has 0 radical (unpaired) electrons. The minimum atomic E-state index is 0.675. The summed E-state index contributed by atoms with van der Waals surface area (Å²) in [6, 6.07) is 17.4. The summed E-state index contributed by atoms with van der Waals surface area (Å²) in [6.45, 7) is 8.06. The van der Waals surface area contributed by atoms with Gasteiger partial charge in [0.1, 0.15) is 12.4 Å². The first kappa shape index (κ1) is 18.5. The van der Waals surface area contributed by atoms with E-state index < -0.39 is 0 Å². The van der Waals surface area contributed by atoms with Crippen LogP contribution in [0.5, 0.6) is 0 Å². The first-order chi connectivity index (χ1) is 14.3. The van der Waals surface area contributed by atoms with E-state index in [1.807, 2.05) is 17.9 Å². The number of fused-ring (bicyclic) bond motifs is 2. The lowest BCUT2D eigenvalue weighted by molar-refractivity contribution is 0.132. The summed E-state index contributed by atoms with van der Waals surface area (Å²) in [6.07, 6.45) is 3.08. The molecule has 1 fully saturated rings. The molecule has 0 aliphatic carbocycles. The highest BCUT2D eigenvalue weighted by Gasteiger charge is 2.20. The van der Waals surface area contributed by atoms with Crippen LogP contribution in [0.15, 0.2) is 54.7 Å². The average molecular weight is 407 g/mol. The molecular weight excluding hydrogens is 380 g/mol. The third kappa shape index (κ3) is 3.70. The average Bonchev–Trinajstić information content (AvgIpc) is 3.37. The van der Waals surface area contributed by atoms with Gasteiger partial charge < -0.3 is 9.74 Å². The van der Waals surface area contributed by atoms with Crippen molar-refractivity contribution in [3.8, 4) is 0 Å². The zero-order valence-corrected chi connectivity index (χ0v) is 17.6. The van der Waals surface area contributed by atoms with Gasteiger partial charge in [0.2, 0.25) is 0 Å². The largest absolute Gasteiger partial charge is 0.414 e. The van der Waals surface area contributed by atoms with Crippen molar-refractivity contribution in [2.45, 2.75) is 13.3 Å². The zero-order valence-electron chi connectivity index (χ0n) is 16.8. The molecule has 1 saturated heterocycles. The zero-order chi connectivity index (χ0) is 19.6. The van der Waals surface area contributed by atoms with Crippen LogP contribution in [0.4, 0.5) is 5.82 Å². The highest BCUT2D eigenvalue weighted by atomic mass is 32.1. The van der Waals surface area contributed by atoms with Gasteiger partial charge in [0.25, 0.3) is 0 Å². The predicted molar refractivity (Wildman–Crippen MR) is 121 cm³/mol. The van der Waals surface area contributed by atoms with Crippen LogP contribution in [-0.2, 0) is 6.42 Å². The standard InChI is InChI=1S/C23H26N4OS/c1-2-28-27-12-10-19-17-18(7-8-21(19)27)9-11-25-13-15-26(16-14-25)23-20-5-3-4-6-22(20)29-24-23/h3-8,10,12,17H,2,9,11,13-16H2,1H3. The van der Waals surface area contributed by atoms with E-state index in [4.69, 9.17) is 9.21 Å². The van der Waals surface area contributed by atoms with Crippen LogP contribution in [0.2, 0.25) is 0 Å². The van der Waals surface area contributed by atoms with Gasteiger partial charge in [-0.2, -0.15) is 9.10 Å². The second-order valence-electron chi connectivity index (χ2n) is 7.53. The van der Waals surface area contributed by atoms with Gasteiger partial charge in [-0.25, -0.2) is 0 Å². The Morgan fingerprint density at radius 3 is 2.76 bits per heavy atom. The third-order valence-electron chi connectivity index (χ3n) is 5.73. The molecular formula is C23H26N4OS. The smallest absolute Gasteiger partial charge is 0.150 e. The number of hydrogen-bond donors (Lipinski definition) is 0. The number of hydrogen-bond acceptors (Lipinski definition) is 5. The molecule has 5 nitrogen and oxygen atoms in total. The molecule has 2 aromatic heterocycles. The van der Waals surface area contributed by atoms with Crippen LogP contribution in [0, 0.1) is 0 Å². The topological polar surface area (TPSA) is 33.5 Å². The van der Waals surface area contributed by atoms with E-state index in [0.29, 0.717) is 6.61 Å². The highest BCUT2D eigenvalue weighted by molar-refractivity contribution is 7.13. The maximum absolute atomic E-state index is 5.62. The van der Waals surface area contributed by atoms with Crippen LogP contribution < -0.4 is 9.74 Å². The molecule has 0 N–H and O–H groups in total. The number of anilines is 1. The molecule has 4 aromatic rings. The lowest BCUT2D eigenvalue weighted by atomic mass is 10.1. The Bertz CT molecular complexity index is 1110. The highest BCUT2D eigenvalue weighted by Crippen LogP contribution is 2.29. The monoisotopic (exact) mass is 406 g/mol. The fraction of sp³-hybridized carbons (Fsp3) is 0.348. The second-order valence-corrected chi connectivity index (χ2v) is 8.34. The van der Waals surface area contributed by atoms with E-state index in [1.54, 1.807) is 11.5 Å². The Balaban J connectivity index is 1.18. The molecule has 0 bridgehead atoms. The Hall–Kier alpha value is -2.57. The van der Waals surface area contributed by atoms with Crippen molar-refractivity contribution in [1.82, 2.24) is 14.0 Å². The van der Waals surface area contributed by atoms with Crippen LogP contribution in [0.25, 0.3) is 21.0 Å². The van der Waals surface area contributed by atoms with Gasteiger partial charge in [0, 0.05) is 49.7 Å². The summed E-state index contributed by atoms with van der Waals surface area (Å²) in [4.78, 5) is 10.6. The van der Waals surface area contributed by atoms with Crippen LogP contribution in [0.1, 0.15) is 12.5 Å². The van der Waals surface area contributed by atoms with E-state index in [1.165, 1.54) is 21.0 Å². The Morgan fingerprint density at radius 1 is 1.03 bits per heavy atom. The molecule has 0 amide bonds. The lowest BCUT2D eigenvalue weighted by Crippen LogP contribution is -2.47. The molecule has 29 heavy (non-hydrogen) atoms. The molecule has 3 heterocycles. The van der Waals surface area contributed by atoms with Gasteiger partial charge in [0.05, 0.1) is 10.2 Å². The Kier molecular flexibility index (Phi) is 5.12. The summed E-state index contributed by atoms with van der Waals surface area (Å²) in [5.41, 5.74) is 2.53. The van der Waals surface area contributed by atoms with Gasteiger partial charge in [-0.1, -0.05) is 18.2 Å². The van der Waals surface area contributed by atoms with Crippen molar-refractivity contribution in [3.05, 3.63) is 60.3 Å². The van der Waals surface area contributed by atoms with Crippen LogP contribution >= 0.6 is 11.5 Å². The summed E-state index contributed by atoms with van der Waals surface area (Å²) >= 11 is 1.61. The molecule has 1 aliphatic rings. The minimum Gasteiger partial charge on any atom is -0.414 e.